The van der Waals surface area contributed by atoms with Gasteiger partial charge in [-0.15, -0.1) is 0 Å². The smallest absolute Gasteiger partial charge is 0.301 e. The van der Waals surface area contributed by atoms with Gasteiger partial charge in [-0.1, -0.05) is 72.7 Å². The van der Waals surface area contributed by atoms with E-state index in [1.807, 2.05) is 0 Å². The number of methoxy groups -OCH3 is 1. The Kier molecular flexibility index (Phi) is 7.35. The lowest BCUT2D eigenvalue weighted by molar-refractivity contribution is -0.132. The number of carbonyl (C=O) groups excluding carboxylic acids is 2. The molecule has 1 aliphatic rings. The van der Waals surface area contributed by atoms with E-state index in [0.717, 1.165) is 17.5 Å². The Labute approximate surface area is 228 Å². The van der Waals surface area contributed by atoms with Crippen molar-refractivity contribution in [1.82, 2.24) is 4.98 Å². The van der Waals surface area contributed by atoms with Gasteiger partial charge < -0.3 is 14.6 Å². The first-order valence-corrected chi connectivity index (χ1v) is 13.4. The van der Waals surface area contributed by atoms with Crippen LogP contribution in [-0.2, 0) is 9.59 Å². The van der Waals surface area contributed by atoms with Crippen LogP contribution >= 0.6 is 22.9 Å². The van der Waals surface area contributed by atoms with Gasteiger partial charge >= 0.3 is 5.91 Å². The van der Waals surface area contributed by atoms with E-state index < -0.39 is 17.7 Å². The molecule has 7 nitrogen and oxygen atoms in total. The Morgan fingerprint density at radius 1 is 1.08 bits per heavy atom. The molecular formula is C29H25ClN2O5S. The Balaban J connectivity index is 1.68. The van der Waals surface area contributed by atoms with Crippen molar-refractivity contribution in [3.8, 4) is 11.5 Å². The third-order valence-electron chi connectivity index (χ3n) is 6.30. The van der Waals surface area contributed by atoms with Crippen LogP contribution in [0.2, 0.25) is 5.02 Å². The normalized spacial score (nSPS) is 16.8. The number of anilines is 1. The summed E-state index contributed by atoms with van der Waals surface area (Å²) in [5.74, 6) is -0.821. The molecule has 0 radical (unpaired) electrons. The number of nitrogens with zero attached hydrogens (tertiary/aromatic N) is 2. The number of fused-ring (bicyclic) bond motifs is 1. The van der Waals surface area contributed by atoms with Crippen molar-refractivity contribution in [2.75, 3.05) is 18.6 Å². The number of halogens is 1. The average Bonchev–Trinajstić information content (AvgIpc) is 3.46. The number of aliphatic hydroxyl groups is 1. The van der Waals surface area contributed by atoms with Crippen LogP contribution in [0.4, 0.5) is 5.13 Å². The van der Waals surface area contributed by atoms with E-state index in [2.05, 4.69) is 11.9 Å². The van der Waals surface area contributed by atoms with Crippen LogP contribution in [-0.4, -0.2) is 35.5 Å². The Morgan fingerprint density at radius 2 is 1.87 bits per heavy atom. The fourth-order valence-corrected chi connectivity index (χ4v) is 5.65. The number of amides is 1. The quantitative estimate of drug-likeness (QED) is 0.113. The number of hydrogen-bond acceptors (Lipinski definition) is 7. The Hall–Kier alpha value is -3.88. The van der Waals surface area contributed by atoms with Gasteiger partial charge in [0.05, 0.1) is 35.5 Å². The lowest BCUT2D eigenvalue weighted by Gasteiger charge is -2.24. The van der Waals surface area contributed by atoms with Gasteiger partial charge in [-0.2, -0.15) is 0 Å². The summed E-state index contributed by atoms with van der Waals surface area (Å²) < 4.78 is 12.2. The largest absolute Gasteiger partial charge is 0.507 e. The van der Waals surface area contributed by atoms with Crippen LogP contribution in [0.5, 0.6) is 11.5 Å². The second kappa shape index (κ2) is 10.8. The minimum Gasteiger partial charge on any atom is -0.507 e. The first kappa shape index (κ1) is 25.8. The molecule has 5 rings (SSSR count). The summed E-state index contributed by atoms with van der Waals surface area (Å²) in [5.41, 5.74) is 1.62. The van der Waals surface area contributed by atoms with Crippen LogP contribution in [0.25, 0.3) is 16.0 Å². The lowest BCUT2D eigenvalue weighted by atomic mass is 9.95. The van der Waals surface area contributed by atoms with Gasteiger partial charge in [-0.25, -0.2) is 4.98 Å². The fourth-order valence-electron chi connectivity index (χ4n) is 4.39. The van der Waals surface area contributed by atoms with Gasteiger partial charge in [-0.05, 0) is 42.3 Å². The highest BCUT2D eigenvalue weighted by molar-refractivity contribution is 7.22. The van der Waals surface area contributed by atoms with Gasteiger partial charge in [0.25, 0.3) is 5.78 Å². The van der Waals surface area contributed by atoms with Crippen LogP contribution in [0.1, 0.15) is 36.9 Å². The molecule has 38 heavy (non-hydrogen) atoms. The van der Waals surface area contributed by atoms with E-state index in [-0.39, 0.29) is 11.3 Å². The second-order valence-corrected chi connectivity index (χ2v) is 10.2. The molecule has 1 saturated heterocycles. The lowest BCUT2D eigenvalue weighted by Crippen LogP contribution is -2.29. The van der Waals surface area contributed by atoms with Gasteiger partial charge in [0.15, 0.2) is 16.6 Å². The number of unbranched alkanes of at least 4 members (excludes halogenated alkanes) is 1. The number of ether oxygens (including phenoxy) is 2. The van der Waals surface area contributed by atoms with Crippen molar-refractivity contribution in [3.63, 3.8) is 0 Å². The van der Waals surface area contributed by atoms with Gasteiger partial charge in [0, 0.05) is 10.6 Å². The summed E-state index contributed by atoms with van der Waals surface area (Å²) in [5, 5.41) is 12.2. The monoisotopic (exact) mass is 548 g/mol. The molecule has 9 heteroatoms. The highest BCUT2D eigenvalue weighted by Gasteiger charge is 2.48. The number of rotatable bonds is 8. The summed E-state index contributed by atoms with van der Waals surface area (Å²) >= 11 is 7.41. The molecule has 1 aliphatic heterocycles. The van der Waals surface area contributed by atoms with Gasteiger partial charge in [0.2, 0.25) is 0 Å². The maximum absolute atomic E-state index is 13.5. The number of ketones is 1. The van der Waals surface area contributed by atoms with Crippen molar-refractivity contribution >= 4 is 55.7 Å². The first-order valence-electron chi connectivity index (χ1n) is 12.2. The van der Waals surface area contributed by atoms with Crippen molar-refractivity contribution < 1.29 is 24.2 Å². The molecule has 1 fully saturated rings. The van der Waals surface area contributed by atoms with Crippen LogP contribution in [0.15, 0.2) is 72.3 Å². The molecule has 2 heterocycles. The predicted octanol–water partition coefficient (Wildman–Crippen LogP) is 6.76. The molecule has 0 saturated carbocycles. The summed E-state index contributed by atoms with van der Waals surface area (Å²) in [4.78, 5) is 32.9. The molecule has 3 aromatic carbocycles. The minimum atomic E-state index is -0.940. The zero-order valence-electron chi connectivity index (χ0n) is 20.8. The third kappa shape index (κ3) is 4.73. The van der Waals surface area contributed by atoms with Crippen molar-refractivity contribution in [3.05, 3.63) is 88.5 Å². The Bertz CT molecular complexity index is 1550. The third-order valence-corrected chi connectivity index (χ3v) is 7.55. The summed E-state index contributed by atoms with van der Waals surface area (Å²) in [6.45, 7) is 2.61. The number of aliphatic hydroxyl groups excluding tert-OH is 1. The molecule has 0 bridgehead atoms. The van der Waals surface area contributed by atoms with Gasteiger partial charge in [-0.3, -0.25) is 14.5 Å². The van der Waals surface area contributed by atoms with E-state index in [1.54, 1.807) is 66.7 Å². The number of carbonyl (C=O) groups is 2. The van der Waals surface area contributed by atoms with E-state index in [0.29, 0.717) is 44.9 Å². The van der Waals surface area contributed by atoms with Crippen molar-refractivity contribution in [2.24, 2.45) is 0 Å². The van der Waals surface area contributed by atoms with Crippen LogP contribution in [0.3, 0.4) is 0 Å². The molecule has 0 aliphatic carbocycles. The SMILES string of the molecule is CCCCOc1ccc(C2/C(=C(\O)c3ccccc3)C(=O)C(=O)N2c2nc3ccc(Cl)cc3s2)cc1OC. The van der Waals surface area contributed by atoms with E-state index in [4.69, 9.17) is 21.1 Å². The zero-order chi connectivity index (χ0) is 26.8. The topological polar surface area (TPSA) is 89.0 Å². The maximum Gasteiger partial charge on any atom is 0.301 e. The average molecular weight is 549 g/mol. The van der Waals surface area contributed by atoms with Gasteiger partial charge in [0.1, 0.15) is 5.76 Å². The number of Topliss-reactive ketones (excluding diaryl/α,β-unsaturated/α-hetero) is 1. The van der Waals surface area contributed by atoms with E-state index >= 15 is 0 Å². The molecule has 4 aromatic rings. The highest BCUT2D eigenvalue weighted by atomic mass is 35.5. The zero-order valence-corrected chi connectivity index (χ0v) is 22.4. The molecule has 1 atom stereocenters. The summed E-state index contributed by atoms with van der Waals surface area (Å²) in [7, 11) is 1.53. The minimum absolute atomic E-state index is 0.0276. The molecule has 1 amide bonds. The molecular weight excluding hydrogens is 524 g/mol. The maximum atomic E-state index is 13.5. The summed E-state index contributed by atoms with van der Waals surface area (Å²) in [6.07, 6.45) is 1.88. The van der Waals surface area contributed by atoms with E-state index in [1.165, 1.54) is 23.3 Å². The molecule has 1 aromatic heterocycles. The Morgan fingerprint density at radius 3 is 2.61 bits per heavy atom. The molecule has 0 spiro atoms. The molecule has 1 unspecified atom stereocenters. The number of aromatic nitrogens is 1. The van der Waals surface area contributed by atoms with Crippen LogP contribution in [0, 0.1) is 0 Å². The first-order chi connectivity index (χ1) is 18.4. The number of hydrogen-bond donors (Lipinski definition) is 1. The van der Waals surface area contributed by atoms with Crippen molar-refractivity contribution in [1.29, 1.82) is 0 Å². The van der Waals surface area contributed by atoms with E-state index in [9.17, 15) is 14.7 Å². The summed E-state index contributed by atoms with van der Waals surface area (Å²) in [6, 6.07) is 18.2. The highest BCUT2D eigenvalue weighted by Crippen LogP contribution is 2.46. The van der Waals surface area contributed by atoms with Crippen LogP contribution < -0.4 is 14.4 Å². The molecule has 194 valence electrons. The standard InChI is InChI=1S/C29H25ClN2O5S/c1-3-4-14-37-21-13-10-18(15-22(21)36-2)25-24(26(33)17-8-6-5-7-9-17)27(34)28(35)32(25)29-31-20-12-11-19(30)16-23(20)38-29/h5-13,15-16,25,33H,3-4,14H2,1-2H3/b26-24+. The number of thiazole rings is 1. The number of benzene rings is 3. The van der Waals surface area contributed by atoms with Crippen molar-refractivity contribution in [2.45, 2.75) is 25.8 Å². The molecule has 1 N–H and O–H groups in total. The predicted molar refractivity (Wildman–Crippen MR) is 149 cm³/mol. The fraction of sp³-hybridized carbons (Fsp3) is 0.207. The second-order valence-electron chi connectivity index (χ2n) is 8.76.